The molecule has 0 saturated carbocycles. The van der Waals surface area contributed by atoms with Gasteiger partial charge in [0, 0.05) is 28.5 Å². The molecule has 1 amide bonds. The number of anilines is 2. The van der Waals surface area contributed by atoms with Crippen molar-refractivity contribution in [3.05, 3.63) is 95.7 Å². The summed E-state index contributed by atoms with van der Waals surface area (Å²) < 4.78 is 28.2. The van der Waals surface area contributed by atoms with Gasteiger partial charge >= 0.3 is 0 Å². The second-order valence-electron chi connectivity index (χ2n) is 7.31. The van der Waals surface area contributed by atoms with Crippen LogP contribution in [0.3, 0.4) is 0 Å². The summed E-state index contributed by atoms with van der Waals surface area (Å²) in [6, 6.07) is 20.7. The number of rotatable bonds is 5. The Morgan fingerprint density at radius 1 is 0.871 bits per heavy atom. The van der Waals surface area contributed by atoms with Crippen LogP contribution < -0.4 is 10.0 Å². The fourth-order valence-electron chi connectivity index (χ4n) is 3.20. The first-order chi connectivity index (χ1) is 14.8. The van der Waals surface area contributed by atoms with E-state index >= 15 is 0 Å². The highest BCUT2D eigenvalue weighted by Gasteiger charge is 2.18. The molecule has 1 heterocycles. The number of nitrogens with one attached hydrogen (secondary N) is 2. The van der Waals surface area contributed by atoms with Gasteiger partial charge in [-0.3, -0.25) is 14.5 Å². The summed E-state index contributed by atoms with van der Waals surface area (Å²) in [6.45, 7) is 3.69. The number of sulfonamides is 1. The normalized spacial score (nSPS) is 11.3. The average molecular weight is 432 g/mol. The number of aryl methyl sites for hydroxylation is 2. The minimum absolute atomic E-state index is 0.0199. The van der Waals surface area contributed by atoms with Crippen LogP contribution in [0.4, 0.5) is 11.4 Å². The highest BCUT2D eigenvalue weighted by molar-refractivity contribution is 7.92. The number of hydrogen-bond acceptors (Lipinski definition) is 4. The minimum Gasteiger partial charge on any atom is -0.322 e. The molecule has 2 N–H and O–H groups in total. The van der Waals surface area contributed by atoms with Gasteiger partial charge in [0.05, 0.1) is 10.4 Å². The van der Waals surface area contributed by atoms with Crippen LogP contribution in [0.25, 0.3) is 10.9 Å². The number of pyridine rings is 1. The number of amides is 1. The molecular formula is C24H21N3O3S. The van der Waals surface area contributed by atoms with Gasteiger partial charge in [-0.2, -0.15) is 0 Å². The molecule has 0 aliphatic heterocycles. The van der Waals surface area contributed by atoms with E-state index in [9.17, 15) is 13.2 Å². The predicted molar refractivity (Wildman–Crippen MR) is 123 cm³/mol. The van der Waals surface area contributed by atoms with Crippen LogP contribution in [0.1, 0.15) is 21.5 Å². The SMILES string of the molecule is Cc1ccc(NS(=O)(=O)c2ccc(C)c(C(=O)Nc3ccc4ncccc4c3)c2)cc1. The summed E-state index contributed by atoms with van der Waals surface area (Å²) in [6.07, 6.45) is 1.71. The van der Waals surface area contributed by atoms with Gasteiger partial charge in [0.2, 0.25) is 0 Å². The van der Waals surface area contributed by atoms with E-state index in [1.54, 1.807) is 37.4 Å². The maximum Gasteiger partial charge on any atom is 0.261 e. The lowest BCUT2D eigenvalue weighted by atomic mass is 10.1. The topological polar surface area (TPSA) is 88.2 Å². The summed E-state index contributed by atoms with van der Waals surface area (Å²) >= 11 is 0. The molecule has 4 aromatic rings. The number of hydrogen-bond donors (Lipinski definition) is 2. The van der Waals surface area contributed by atoms with Crippen molar-refractivity contribution in [1.29, 1.82) is 0 Å². The molecule has 1 aromatic heterocycles. The summed E-state index contributed by atoms with van der Waals surface area (Å²) in [5, 5.41) is 3.74. The third-order valence-corrected chi connectivity index (χ3v) is 6.31. The molecule has 0 aliphatic carbocycles. The Labute approximate surface area is 181 Å². The van der Waals surface area contributed by atoms with Crippen LogP contribution in [0.15, 0.2) is 83.9 Å². The molecule has 31 heavy (non-hydrogen) atoms. The van der Waals surface area contributed by atoms with Crippen molar-refractivity contribution in [3.63, 3.8) is 0 Å². The van der Waals surface area contributed by atoms with E-state index < -0.39 is 10.0 Å². The molecule has 4 rings (SSSR count). The first-order valence-corrected chi connectivity index (χ1v) is 11.2. The maximum absolute atomic E-state index is 12.9. The zero-order chi connectivity index (χ0) is 22.0. The van der Waals surface area contributed by atoms with E-state index in [1.165, 1.54) is 12.1 Å². The lowest BCUT2D eigenvalue weighted by Gasteiger charge is -2.12. The van der Waals surface area contributed by atoms with Crippen LogP contribution in [0.5, 0.6) is 0 Å². The molecule has 0 spiro atoms. The van der Waals surface area contributed by atoms with Crippen molar-refractivity contribution >= 4 is 38.2 Å². The van der Waals surface area contributed by atoms with Crippen molar-refractivity contribution in [2.75, 3.05) is 10.0 Å². The molecule has 0 fully saturated rings. The van der Waals surface area contributed by atoms with E-state index in [1.807, 2.05) is 43.3 Å². The fourth-order valence-corrected chi connectivity index (χ4v) is 4.28. The van der Waals surface area contributed by atoms with Gasteiger partial charge in [-0.1, -0.05) is 29.8 Å². The molecule has 6 nitrogen and oxygen atoms in total. The monoisotopic (exact) mass is 431 g/mol. The Balaban J connectivity index is 1.60. The van der Waals surface area contributed by atoms with E-state index in [2.05, 4.69) is 15.0 Å². The van der Waals surface area contributed by atoms with Crippen molar-refractivity contribution in [1.82, 2.24) is 4.98 Å². The Kier molecular flexibility index (Phi) is 5.44. The molecule has 0 bridgehead atoms. The number of nitrogens with zero attached hydrogens (tertiary/aromatic N) is 1. The second-order valence-corrected chi connectivity index (χ2v) is 9.00. The number of fused-ring (bicyclic) bond motifs is 1. The molecule has 156 valence electrons. The first-order valence-electron chi connectivity index (χ1n) is 9.68. The van der Waals surface area contributed by atoms with Gasteiger partial charge in [-0.25, -0.2) is 8.42 Å². The van der Waals surface area contributed by atoms with E-state index in [0.29, 0.717) is 16.9 Å². The van der Waals surface area contributed by atoms with Crippen molar-refractivity contribution < 1.29 is 13.2 Å². The smallest absolute Gasteiger partial charge is 0.261 e. The van der Waals surface area contributed by atoms with Gasteiger partial charge in [-0.05, 0) is 67.9 Å². The molecule has 0 atom stereocenters. The maximum atomic E-state index is 12.9. The summed E-state index contributed by atoms with van der Waals surface area (Å²) in [4.78, 5) is 17.2. The van der Waals surface area contributed by atoms with Crippen LogP contribution in [-0.2, 0) is 10.0 Å². The second kappa shape index (κ2) is 8.20. The Hall–Kier alpha value is -3.71. The van der Waals surface area contributed by atoms with Crippen LogP contribution in [0, 0.1) is 13.8 Å². The lowest BCUT2D eigenvalue weighted by molar-refractivity contribution is 0.102. The lowest BCUT2D eigenvalue weighted by Crippen LogP contribution is -2.17. The molecule has 7 heteroatoms. The van der Waals surface area contributed by atoms with Gasteiger partial charge in [0.25, 0.3) is 15.9 Å². The quantitative estimate of drug-likeness (QED) is 0.470. The van der Waals surface area contributed by atoms with Gasteiger partial charge in [0.15, 0.2) is 0 Å². The Morgan fingerprint density at radius 2 is 1.61 bits per heavy atom. The standard InChI is InChI=1S/C24H21N3O3S/c1-16-5-8-19(9-6-16)27-31(29,30)21-11-7-17(2)22(15-21)24(28)26-20-10-12-23-18(14-20)4-3-13-25-23/h3-15,27H,1-2H3,(H,26,28). The molecule has 0 aliphatic rings. The molecular weight excluding hydrogens is 410 g/mol. The number of benzene rings is 3. The summed E-state index contributed by atoms with van der Waals surface area (Å²) in [7, 11) is -3.84. The zero-order valence-electron chi connectivity index (χ0n) is 17.1. The molecule has 0 saturated heterocycles. The van der Waals surface area contributed by atoms with Crippen LogP contribution in [0.2, 0.25) is 0 Å². The van der Waals surface area contributed by atoms with E-state index in [-0.39, 0.29) is 16.4 Å². The van der Waals surface area contributed by atoms with E-state index in [4.69, 9.17) is 0 Å². The molecule has 3 aromatic carbocycles. The first kappa shape index (κ1) is 20.6. The molecule has 0 unspecified atom stereocenters. The number of carbonyl (C=O) groups excluding carboxylic acids is 1. The van der Waals surface area contributed by atoms with Gasteiger partial charge < -0.3 is 5.32 Å². The highest BCUT2D eigenvalue weighted by atomic mass is 32.2. The van der Waals surface area contributed by atoms with E-state index in [0.717, 1.165) is 16.5 Å². The largest absolute Gasteiger partial charge is 0.322 e. The third kappa shape index (κ3) is 4.57. The predicted octanol–water partition coefficient (Wildman–Crippen LogP) is 4.90. The highest BCUT2D eigenvalue weighted by Crippen LogP contribution is 2.22. The van der Waals surface area contributed by atoms with Gasteiger partial charge in [-0.15, -0.1) is 0 Å². The Morgan fingerprint density at radius 3 is 2.39 bits per heavy atom. The fraction of sp³-hybridized carbons (Fsp3) is 0.0833. The van der Waals surface area contributed by atoms with Crippen LogP contribution >= 0.6 is 0 Å². The summed E-state index contributed by atoms with van der Waals surface area (Å²) in [5.41, 5.74) is 3.89. The van der Waals surface area contributed by atoms with Crippen LogP contribution in [-0.4, -0.2) is 19.3 Å². The Bertz CT molecular complexity index is 1380. The zero-order valence-corrected chi connectivity index (χ0v) is 17.9. The minimum atomic E-state index is -3.84. The molecule has 0 radical (unpaired) electrons. The number of carbonyl (C=O) groups is 1. The average Bonchev–Trinajstić information content (AvgIpc) is 2.75. The van der Waals surface area contributed by atoms with Gasteiger partial charge in [0.1, 0.15) is 0 Å². The van der Waals surface area contributed by atoms with Crippen molar-refractivity contribution in [3.8, 4) is 0 Å². The summed E-state index contributed by atoms with van der Waals surface area (Å²) in [5.74, 6) is -0.381. The van der Waals surface area contributed by atoms with Crippen molar-refractivity contribution in [2.24, 2.45) is 0 Å². The van der Waals surface area contributed by atoms with Crippen molar-refractivity contribution in [2.45, 2.75) is 18.7 Å². The third-order valence-electron chi connectivity index (χ3n) is 4.93. The number of aromatic nitrogens is 1.